The maximum atomic E-state index is 12.4. The first-order chi connectivity index (χ1) is 9.49. The van der Waals surface area contributed by atoms with Gasteiger partial charge in [0.05, 0.1) is 28.8 Å². The predicted molar refractivity (Wildman–Crippen MR) is 79.2 cm³/mol. The zero-order chi connectivity index (χ0) is 14.7. The molecule has 2 aromatic heterocycles. The van der Waals surface area contributed by atoms with Gasteiger partial charge in [0.1, 0.15) is 0 Å². The fourth-order valence-electron chi connectivity index (χ4n) is 2.09. The molecule has 6 nitrogen and oxygen atoms in total. The molecule has 0 spiro atoms. The summed E-state index contributed by atoms with van der Waals surface area (Å²) in [6.45, 7) is 3.20. The molecule has 0 aliphatic rings. The zero-order valence-electron chi connectivity index (χ0n) is 11.8. The smallest absolute Gasteiger partial charge is 0.231 e. The number of likely N-dealkylation sites (N-methyl/N-ethyl adjacent to an activating group) is 1. The molecule has 0 N–H and O–H groups in total. The second-order valence-corrected chi connectivity index (χ2v) is 5.70. The Morgan fingerprint density at radius 2 is 2.25 bits per heavy atom. The third-order valence-electron chi connectivity index (χ3n) is 3.32. The van der Waals surface area contributed by atoms with Gasteiger partial charge in [0.2, 0.25) is 5.91 Å². The fourth-order valence-corrected chi connectivity index (χ4v) is 2.42. The Morgan fingerprint density at radius 1 is 1.50 bits per heavy atom. The summed E-state index contributed by atoms with van der Waals surface area (Å²) in [4.78, 5) is 14.1. The summed E-state index contributed by atoms with van der Waals surface area (Å²) in [5.41, 5.74) is 0.920. The molecule has 0 saturated heterocycles. The van der Waals surface area contributed by atoms with Gasteiger partial charge in [-0.3, -0.25) is 14.2 Å². The van der Waals surface area contributed by atoms with Gasteiger partial charge in [-0.15, -0.1) is 0 Å². The number of amides is 1. The third kappa shape index (κ3) is 3.27. The Bertz CT molecular complexity index is 591. The summed E-state index contributed by atoms with van der Waals surface area (Å²) in [5.74, 6) is -0.114. The van der Waals surface area contributed by atoms with Crippen LogP contribution in [0.25, 0.3) is 0 Å². The van der Waals surface area contributed by atoms with Crippen LogP contribution in [0.1, 0.15) is 18.5 Å². The van der Waals surface area contributed by atoms with Crippen molar-refractivity contribution < 1.29 is 4.79 Å². The van der Waals surface area contributed by atoms with Gasteiger partial charge in [-0.1, -0.05) is 0 Å². The van der Waals surface area contributed by atoms with Gasteiger partial charge < -0.3 is 4.90 Å². The van der Waals surface area contributed by atoms with Crippen LogP contribution in [0.3, 0.4) is 0 Å². The summed E-state index contributed by atoms with van der Waals surface area (Å²) >= 11 is 3.35. The SMILES string of the molecule is CC(C(=O)N(C)CCn1cc(Br)cn1)c1ccnn1C. The third-order valence-corrected chi connectivity index (χ3v) is 3.72. The lowest BCUT2D eigenvalue weighted by molar-refractivity contribution is -0.131. The van der Waals surface area contributed by atoms with Gasteiger partial charge in [0, 0.05) is 33.0 Å². The van der Waals surface area contributed by atoms with Crippen LogP contribution in [0.4, 0.5) is 0 Å². The molecule has 2 aromatic rings. The quantitative estimate of drug-likeness (QED) is 0.832. The molecule has 1 atom stereocenters. The summed E-state index contributed by atoms with van der Waals surface area (Å²) in [6, 6.07) is 1.88. The van der Waals surface area contributed by atoms with Crippen molar-refractivity contribution in [1.29, 1.82) is 0 Å². The van der Waals surface area contributed by atoms with Gasteiger partial charge in [0.25, 0.3) is 0 Å². The molecule has 0 saturated carbocycles. The zero-order valence-corrected chi connectivity index (χ0v) is 13.4. The molecular weight excluding hydrogens is 322 g/mol. The van der Waals surface area contributed by atoms with Crippen molar-refractivity contribution in [2.45, 2.75) is 19.4 Å². The molecule has 0 bridgehead atoms. The first-order valence-corrected chi connectivity index (χ1v) is 7.19. The molecule has 0 aliphatic heterocycles. The largest absolute Gasteiger partial charge is 0.343 e. The minimum Gasteiger partial charge on any atom is -0.343 e. The van der Waals surface area contributed by atoms with Crippen molar-refractivity contribution >= 4 is 21.8 Å². The highest BCUT2D eigenvalue weighted by molar-refractivity contribution is 9.10. The normalized spacial score (nSPS) is 12.4. The summed E-state index contributed by atoms with van der Waals surface area (Å²) in [7, 11) is 3.66. The molecular formula is C13H18BrN5O. The topological polar surface area (TPSA) is 56.0 Å². The highest BCUT2D eigenvalue weighted by atomic mass is 79.9. The molecule has 0 fully saturated rings. The van der Waals surface area contributed by atoms with Crippen molar-refractivity contribution in [3.8, 4) is 0 Å². The number of hydrogen-bond acceptors (Lipinski definition) is 3. The number of halogens is 1. The Labute approximate surface area is 126 Å². The van der Waals surface area contributed by atoms with Crippen molar-refractivity contribution in [2.24, 2.45) is 7.05 Å². The molecule has 20 heavy (non-hydrogen) atoms. The molecule has 0 aromatic carbocycles. The minimum absolute atomic E-state index is 0.0832. The lowest BCUT2D eigenvalue weighted by Crippen LogP contribution is -2.34. The van der Waals surface area contributed by atoms with E-state index in [-0.39, 0.29) is 11.8 Å². The van der Waals surface area contributed by atoms with Gasteiger partial charge in [-0.25, -0.2) is 0 Å². The van der Waals surface area contributed by atoms with E-state index >= 15 is 0 Å². The van der Waals surface area contributed by atoms with Gasteiger partial charge >= 0.3 is 0 Å². The van der Waals surface area contributed by atoms with Crippen LogP contribution in [0.2, 0.25) is 0 Å². The number of aryl methyl sites for hydroxylation is 1. The fraction of sp³-hybridized carbons (Fsp3) is 0.462. The number of rotatable bonds is 5. The Hall–Kier alpha value is -1.63. The first-order valence-electron chi connectivity index (χ1n) is 6.40. The van der Waals surface area contributed by atoms with Crippen LogP contribution < -0.4 is 0 Å². The summed E-state index contributed by atoms with van der Waals surface area (Å²) < 4.78 is 4.48. The van der Waals surface area contributed by atoms with Crippen LogP contribution in [0.15, 0.2) is 29.1 Å². The molecule has 0 aliphatic carbocycles. The van der Waals surface area contributed by atoms with E-state index < -0.39 is 0 Å². The molecule has 0 radical (unpaired) electrons. The van der Waals surface area contributed by atoms with Gasteiger partial charge in [-0.05, 0) is 28.9 Å². The van der Waals surface area contributed by atoms with E-state index in [0.717, 1.165) is 10.2 Å². The summed E-state index contributed by atoms with van der Waals surface area (Å²) in [6.07, 6.45) is 5.34. The van der Waals surface area contributed by atoms with Crippen LogP contribution in [0.5, 0.6) is 0 Å². The predicted octanol–water partition coefficient (Wildman–Crippen LogP) is 1.64. The Kier molecular flexibility index (Phi) is 4.59. The van der Waals surface area contributed by atoms with E-state index in [9.17, 15) is 4.79 Å². The maximum Gasteiger partial charge on any atom is 0.231 e. The average molecular weight is 340 g/mol. The molecule has 2 rings (SSSR count). The average Bonchev–Trinajstić information content (AvgIpc) is 3.03. The van der Waals surface area contributed by atoms with E-state index in [1.807, 2.05) is 38.0 Å². The number of hydrogen-bond donors (Lipinski definition) is 0. The van der Waals surface area contributed by atoms with E-state index in [1.54, 1.807) is 22.0 Å². The van der Waals surface area contributed by atoms with Crippen molar-refractivity contribution in [2.75, 3.05) is 13.6 Å². The van der Waals surface area contributed by atoms with Crippen LogP contribution in [0, 0.1) is 0 Å². The first kappa shape index (κ1) is 14.8. The standard InChI is InChI=1S/C13H18BrN5O/c1-10(12-4-5-15-18(12)3)13(20)17(2)6-7-19-9-11(14)8-16-19/h4-5,8-10H,6-7H2,1-3H3. The molecule has 108 valence electrons. The van der Waals surface area contributed by atoms with Crippen molar-refractivity contribution in [1.82, 2.24) is 24.5 Å². The molecule has 7 heteroatoms. The van der Waals surface area contributed by atoms with Gasteiger partial charge in [0.15, 0.2) is 0 Å². The number of carbonyl (C=O) groups excluding carboxylic acids is 1. The van der Waals surface area contributed by atoms with Crippen molar-refractivity contribution in [3.63, 3.8) is 0 Å². The van der Waals surface area contributed by atoms with E-state index in [4.69, 9.17) is 0 Å². The lowest BCUT2D eigenvalue weighted by Gasteiger charge is -2.21. The second kappa shape index (κ2) is 6.21. The Balaban J connectivity index is 1.93. The minimum atomic E-state index is -0.197. The monoisotopic (exact) mass is 339 g/mol. The van der Waals surface area contributed by atoms with Crippen LogP contribution >= 0.6 is 15.9 Å². The number of carbonyl (C=O) groups is 1. The Morgan fingerprint density at radius 3 is 2.80 bits per heavy atom. The number of aromatic nitrogens is 4. The molecule has 1 amide bonds. The van der Waals surface area contributed by atoms with E-state index in [1.165, 1.54) is 0 Å². The highest BCUT2D eigenvalue weighted by Gasteiger charge is 2.21. The lowest BCUT2D eigenvalue weighted by atomic mass is 10.1. The molecule has 2 heterocycles. The number of nitrogens with zero attached hydrogens (tertiary/aromatic N) is 5. The molecule has 1 unspecified atom stereocenters. The second-order valence-electron chi connectivity index (χ2n) is 4.78. The van der Waals surface area contributed by atoms with Crippen LogP contribution in [-0.4, -0.2) is 44.0 Å². The maximum absolute atomic E-state index is 12.4. The van der Waals surface area contributed by atoms with Gasteiger partial charge in [-0.2, -0.15) is 10.2 Å². The highest BCUT2D eigenvalue weighted by Crippen LogP contribution is 2.16. The van der Waals surface area contributed by atoms with E-state index in [0.29, 0.717) is 13.1 Å². The van der Waals surface area contributed by atoms with E-state index in [2.05, 4.69) is 26.1 Å². The summed E-state index contributed by atoms with van der Waals surface area (Å²) in [5, 5.41) is 8.28. The van der Waals surface area contributed by atoms with Crippen LogP contribution in [-0.2, 0) is 18.4 Å². The van der Waals surface area contributed by atoms with Crippen molar-refractivity contribution in [3.05, 3.63) is 34.8 Å².